The summed E-state index contributed by atoms with van der Waals surface area (Å²) >= 11 is 0. The quantitative estimate of drug-likeness (QED) is 0.0676. The molecule has 1 aliphatic heterocycles. The summed E-state index contributed by atoms with van der Waals surface area (Å²) in [5, 5.41) is 0. The van der Waals surface area contributed by atoms with Gasteiger partial charge in [-0.3, -0.25) is 9.47 Å². The minimum atomic E-state index is -2.32. The predicted octanol–water partition coefficient (Wildman–Crippen LogP) is 7.49. The molecule has 0 saturated carbocycles. The van der Waals surface area contributed by atoms with E-state index in [0.29, 0.717) is 12.1 Å². The molecule has 302 valence electrons. The lowest BCUT2D eigenvalue weighted by Crippen LogP contribution is -2.53. The van der Waals surface area contributed by atoms with Gasteiger partial charge in [-0.25, -0.2) is 14.2 Å². The van der Waals surface area contributed by atoms with E-state index in [0.717, 1.165) is 54.4 Å². The smallest absolute Gasteiger partial charge is 0.412 e. The van der Waals surface area contributed by atoms with Gasteiger partial charge in [0.2, 0.25) is 11.8 Å². The molecule has 53 heavy (non-hydrogen) atoms. The number of nitrogen functional groups attached to an aromatic ring is 1. The first kappa shape index (κ1) is 44.8. The molecule has 2 N–H and O–H groups in total. The molecule has 2 aromatic rings. The van der Waals surface area contributed by atoms with Gasteiger partial charge >= 0.3 is 11.8 Å². The zero-order chi connectivity index (χ0) is 39.6. The molecule has 1 unspecified atom stereocenters. The van der Waals surface area contributed by atoms with Crippen molar-refractivity contribution in [2.45, 2.75) is 155 Å². The summed E-state index contributed by atoms with van der Waals surface area (Å²) in [6, 6.07) is 8.53. The Balaban J connectivity index is 2.34. The Kier molecular flexibility index (Phi) is 16.8. The Labute approximate surface area is 320 Å². The van der Waals surface area contributed by atoms with Gasteiger partial charge in [0.15, 0.2) is 49.1 Å². The zero-order valence-corrected chi connectivity index (χ0v) is 37.4. The number of anilines is 1. The van der Waals surface area contributed by atoms with Gasteiger partial charge in [-0.2, -0.15) is 9.97 Å². The maximum atomic E-state index is 14.8. The first-order valence-corrected chi connectivity index (χ1v) is 27.4. The van der Waals surface area contributed by atoms with E-state index >= 15 is 0 Å². The highest BCUT2D eigenvalue weighted by molar-refractivity contribution is 6.74. The second-order valence-corrected chi connectivity index (χ2v) is 28.3. The van der Waals surface area contributed by atoms with Crippen molar-refractivity contribution in [1.29, 1.82) is 0 Å². The van der Waals surface area contributed by atoms with Crippen LogP contribution in [0.15, 0.2) is 17.4 Å². The summed E-state index contributed by atoms with van der Waals surface area (Å²) in [6.45, 7) is 26.0. The van der Waals surface area contributed by atoms with Crippen LogP contribution in [0.5, 0.6) is 5.88 Å². The molecule has 1 amide bonds. The number of allylic oxidation sites excluding steroid dienone is 1. The lowest BCUT2D eigenvalue weighted by Gasteiger charge is -2.40. The summed E-state index contributed by atoms with van der Waals surface area (Å²) in [5.41, 5.74) is 6.46. The molecule has 0 aliphatic carbocycles. The fourth-order valence-electron chi connectivity index (χ4n) is 7.44. The van der Waals surface area contributed by atoms with Gasteiger partial charge < -0.3 is 33.2 Å². The normalized spacial score (nSPS) is 19.5. The van der Waals surface area contributed by atoms with Crippen LogP contribution in [0.25, 0.3) is 11.2 Å². The van der Waals surface area contributed by atoms with Crippen molar-refractivity contribution in [2.75, 3.05) is 32.7 Å². The third-order valence-electron chi connectivity index (χ3n) is 11.7. The Morgan fingerprint density at radius 2 is 1.40 bits per heavy atom. The van der Waals surface area contributed by atoms with Crippen LogP contribution in [0.3, 0.4) is 0 Å². The number of hydrogen-bond donors (Lipinski definition) is 1. The number of hydrogen-bond acceptors (Lipinski definition) is 11. The van der Waals surface area contributed by atoms with Crippen molar-refractivity contribution < 1.29 is 32.3 Å². The topological polar surface area (TPSA) is 154 Å². The van der Waals surface area contributed by atoms with Gasteiger partial charge in [-0.1, -0.05) is 68.4 Å². The van der Waals surface area contributed by atoms with E-state index in [1.165, 1.54) is 14.0 Å². The van der Waals surface area contributed by atoms with Crippen molar-refractivity contribution in [3.63, 3.8) is 0 Å². The number of fused-ring (bicyclic) bond motifs is 1. The molecular weight excluding hydrogens is 729 g/mol. The van der Waals surface area contributed by atoms with Crippen molar-refractivity contribution in [3.05, 3.63) is 23.1 Å². The second-order valence-electron chi connectivity index (χ2n) is 14.1. The number of carbonyl (C=O) groups is 1. The number of aromatic nitrogens is 4. The van der Waals surface area contributed by atoms with Crippen molar-refractivity contribution >= 4 is 48.2 Å². The fourth-order valence-corrected chi connectivity index (χ4v) is 15.8. The number of rotatable bonds is 23. The largest absolute Gasteiger partial charge is 0.454 e. The predicted molar refractivity (Wildman–Crippen MR) is 218 cm³/mol. The highest BCUT2D eigenvalue weighted by atomic mass is 28.4. The average Bonchev–Trinajstić information content (AvgIpc) is 3.64. The SMILES string of the molecule is C=CCn1c(=O)n(C2O[C@H](CO[Si](CC)(CC)CC)[C@@H](O[Si](CC)(CC)CC)[C@H]2O[Si](CC)(CC)CC)c2nc(N)nc(OCN(C)C(=O)OCC)c21. The van der Waals surface area contributed by atoms with Crippen molar-refractivity contribution in [2.24, 2.45) is 0 Å². The van der Waals surface area contributed by atoms with Crippen LogP contribution in [-0.2, 0) is 29.3 Å². The minimum Gasteiger partial charge on any atom is -0.454 e. The molecule has 0 bridgehead atoms. The van der Waals surface area contributed by atoms with Gasteiger partial charge in [-0.05, 0) is 61.3 Å². The highest BCUT2D eigenvalue weighted by Gasteiger charge is 2.54. The molecule has 4 atom stereocenters. The molecule has 14 nitrogen and oxygen atoms in total. The van der Waals surface area contributed by atoms with E-state index in [-0.39, 0.29) is 37.4 Å². The Bertz CT molecular complexity index is 1520. The summed E-state index contributed by atoms with van der Waals surface area (Å²) in [4.78, 5) is 37.4. The van der Waals surface area contributed by atoms with Crippen LogP contribution >= 0.6 is 0 Å². The summed E-state index contributed by atoms with van der Waals surface area (Å²) in [6.07, 6.45) is -1.43. The number of ether oxygens (including phenoxy) is 3. The number of nitrogens with two attached hydrogens (primary N) is 1. The van der Waals surface area contributed by atoms with Crippen LogP contribution in [0.4, 0.5) is 10.7 Å². The molecule has 0 aromatic carbocycles. The van der Waals surface area contributed by atoms with Crippen LogP contribution in [0.1, 0.15) is 75.5 Å². The average molecular weight is 797 g/mol. The maximum Gasteiger partial charge on any atom is 0.412 e. The molecule has 2 aromatic heterocycles. The Morgan fingerprint density at radius 1 is 0.868 bits per heavy atom. The lowest BCUT2D eigenvalue weighted by molar-refractivity contribution is -0.0482. The van der Waals surface area contributed by atoms with Crippen molar-refractivity contribution in [3.8, 4) is 5.88 Å². The van der Waals surface area contributed by atoms with E-state index in [4.69, 9.17) is 33.2 Å². The van der Waals surface area contributed by atoms with Gasteiger partial charge in [0.25, 0.3) is 0 Å². The van der Waals surface area contributed by atoms with Crippen LogP contribution in [0.2, 0.25) is 54.4 Å². The maximum absolute atomic E-state index is 14.8. The van der Waals surface area contributed by atoms with Gasteiger partial charge in [0.05, 0.1) is 13.2 Å². The van der Waals surface area contributed by atoms with E-state index in [2.05, 4.69) is 78.9 Å². The highest BCUT2D eigenvalue weighted by Crippen LogP contribution is 2.42. The van der Waals surface area contributed by atoms with Crippen molar-refractivity contribution in [1.82, 2.24) is 24.0 Å². The second kappa shape index (κ2) is 19.9. The number of carbonyl (C=O) groups excluding carboxylic acids is 1. The summed E-state index contributed by atoms with van der Waals surface area (Å²) in [7, 11) is -5.04. The molecule has 3 rings (SSSR count). The van der Waals surface area contributed by atoms with Gasteiger partial charge in [0, 0.05) is 13.6 Å². The monoisotopic (exact) mass is 796 g/mol. The summed E-state index contributed by atoms with van der Waals surface area (Å²) < 4.78 is 43.0. The number of imidazole rings is 1. The van der Waals surface area contributed by atoms with E-state index in [9.17, 15) is 9.59 Å². The van der Waals surface area contributed by atoms with E-state index in [1.54, 1.807) is 20.0 Å². The molecule has 1 saturated heterocycles. The Hall–Kier alpha value is -2.55. The number of amides is 1. The molecule has 3 heterocycles. The first-order chi connectivity index (χ1) is 25.3. The molecule has 17 heteroatoms. The molecule has 1 fully saturated rings. The lowest BCUT2D eigenvalue weighted by atomic mass is 10.1. The number of nitrogens with zero attached hydrogens (tertiary/aromatic N) is 5. The van der Waals surface area contributed by atoms with E-state index in [1.807, 2.05) is 0 Å². The first-order valence-electron chi connectivity index (χ1n) is 19.9. The molecular formula is C36H68N6O8Si3. The van der Waals surface area contributed by atoms with Gasteiger partial charge in [-0.15, -0.1) is 6.58 Å². The molecule has 1 aliphatic rings. The summed E-state index contributed by atoms with van der Waals surface area (Å²) in [5.74, 6) is -0.0554. The standard InChI is InChI=1S/C36H68N6O8Si3/c1-13-24-41-28-31(38-34(37)39-32(28)46-26-40(12)36(44)45-14-2)42(35(41)43)33-30(50-53(21-9,22-10)23-11)29(49-52(18-6,19-7)20-8)27(48-33)25-47-51(15-3,16-4)17-5/h13,27,29-30,33H,1,14-26H2,2-12H3,(H2,37,38,39)/t27-,29-,30-,33?/m1/s1. The minimum absolute atomic E-state index is 0.0443. The molecule has 0 radical (unpaired) electrons. The zero-order valence-electron chi connectivity index (χ0n) is 34.4. The van der Waals surface area contributed by atoms with Crippen LogP contribution in [-0.4, -0.2) is 100 Å². The van der Waals surface area contributed by atoms with Crippen LogP contribution < -0.4 is 16.2 Å². The molecule has 0 spiro atoms. The third-order valence-corrected chi connectivity index (χ3v) is 25.7. The third kappa shape index (κ3) is 9.64. The Morgan fingerprint density at radius 3 is 1.89 bits per heavy atom. The van der Waals surface area contributed by atoms with Crippen LogP contribution in [0, 0.1) is 0 Å². The van der Waals surface area contributed by atoms with Gasteiger partial charge in [0.1, 0.15) is 18.3 Å². The fraction of sp³-hybridized carbons (Fsp3) is 0.778. The van der Waals surface area contributed by atoms with E-state index < -0.39 is 61.3 Å².